The molecular formula is C13H21F3N4. The van der Waals surface area contributed by atoms with Gasteiger partial charge in [0.25, 0.3) is 0 Å². The lowest BCUT2D eigenvalue weighted by molar-refractivity contribution is -0.186. The summed E-state index contributed by atoms with van der Waals surface area (Å²) in [6.07, 6.45) is 0.0147. The van der Waals surface area contributed by atoms with Gasteiger partial charge in [-0.15, -0.1) is 5.10 Å². The van der Waals surface area contributed by atoms with Gasteiger partial charge in [-0.1, -0.05) is 18.6 Å². The number of aromatic nitrogens is 3. The molecular weight excluding hydrogens is 269 g/mol. The summed E-state index contributed by atoms with van der Waals surface area (Å²) in [6, 6.07) is -0.415. The van der Waals surface area contributed by atoms with E-state index in [4.69, 9.17) is 5.73 Å². The molecule has 0 radical (unpaired) electrons. The Morgan fingerprint density at radius 1 is 1.45 bits per heavy atom. The van der Waals surface area contributed by atoms with E-state index in [0.717, 1.165) is 18.5 Å². The van der Waals surface area contributed by atoms with Gasteiger partial charge in [0, 0.05) is 6.54 Å². The molecule has 0 bridgehead atoms. The van der Waals surface area contributed by atoms with Crippen LogP contribution in [0.1, 0.15) is 50.8 Å². The highest BCUT2D eigenvalue weighted by atomic mass is 19.4. The van der Waals surface area contributed by atoms with Crippen LogP contribution in [0.5, 0.6) is 0 Å². The molecule has 1 fully saturated rings. The minimum absolute atomic E-state index is 0.113. The van der Waals surface area contributed by atoms with E-state index < -0.39 is 18.1 Å². The molecule has 2 N–H and O–H groups in total. The summed E-state index contributed by atoms with van der Waals surface area (Å²) < 4.78 is 40.3. The Balaban J connectivity index is 2.08. The Kier molecular flexibility index (Phi) is 4.67. The Morgan fingerprint density at radius 3 is 2.85 bits per heavy atom. The normalized spacial score (nSPS) is 25.6. The van der Waals surface area contributed by atoms with Crippen LogP contribution in [0.25, 0.3) is 0 Å². The number of hydrogen-bond donors (Lipinski definition) is 1. The first-order valence-electron chi connectivity index (χ1n) is 7.14. The van der Waals surface area contributed by atoms with E-state index in [1.165, 1.54) is 0 Å². The third kappa shape index (κ3) is 3.31. The molecule has 114 valence electrons. The maximum absolute atomic E-state index is 12.8. The molecule has 20 heavy (non-hydrogen) atoms. The smallest absolute Gasteiger partial charge is 0.322 e. The van der Waals surface area contributed by atoms with Crippen molar-refractivity contribution < 1.29 is 13.2 Å². The van der Waals surface area contributed by atoms with Crippen LogP contribution in [0.4, 0.5) is 13.2 Å². The van der Waals surface area contributed by atoms with E-state index in [-0.39, 0.29) is 18.8 Å². The molecule has 0 saturated heterocycles. The third-order valence-corrected chi connectivity index (χ3v) is 4.11. The predicted octanol–water partition coefficient (Wildman–Crippen LogP) is 3.06. The molecule has 1 aromatic heterocycles. The van der Waals surface area contributed by atoms with Crippen LogP contribution < -0.4 is 5.73 Å². The molecule has 3 atom stereocenters. The number of nitrogens with zero attached hydrogens (tertiary/aromatic N) is 3. The van der Waals surface area contributed by atoms with Gasteiger partial charge in [-0.05, 0) is 31.6 Å². The van der Waals surface area contributed by atoms with Crippen molar-refractivity contribution in [2.45, 2.75) is 57.8 Å². The van der Waals surface area contributed by atoms with E-state index in [9.17, 15) is 13.2 Å². The first-order valence-corrected chi connectivity index (χ1v) is 7.14. The number of rotatable bonds is 4. The third-order valence-electron chi connectivity index (χ3n) is 4.11. The largest absolute Gasteiger partial charge is 0.391 e. The maximum Gasteiger partial charge on any atom is 0.391 e. The van der Waals surface area contributed by atoms with Crippen LogP contribution in [0.3, 0.4) is 0 Å². The van der Waals surface area contributed by atoms with E-state index >= 15 is 0 Å². The molecule has 1 saturated carbocycles. The molecule has 0 aliphatic heterocycles. The topological polar surface area (TPSA) is 56.7 Å². The van der Waals surface area contributed by atoms with Crippen molar-refractivity contribution in [2.24, 2.45) is 17.6 Å². The lowest BCUT2D eigenvalue weighted by atomic mass is 9.77. The summed E-state index contributed by atoms with van der Waals surface area (Å²) in [5, 5.41) is 7.79. The minimum atomic E-state index is -4.11. The van der Waals surface area contributed by atoms with Crippen molar-refractivity contribution in [3.63, 3.8) is 0 Å². The van der Waals surface area contributed by atoms with Crippen LogP contribution >= 0.6 is 0 Å². The van der Waals surface area contributed by atoms with Crippen LogP contribution in [0, 0.1) is 11.8 Å². The standard InChI is InChI=1S/C13H21F3N4/c1-2-6-20-11(8-18-19-20)12(17)9-4-3-5-10(7-9)13(14,15)16/h8-10,12H,2-7,17H2,1H3. The van der Waals surface area contributed by atoms with Crippen molar-refractivity contribution in [3.8, 4) is 0 Å². The number of alkyl halides is 3. The van der Waals surface area contributed by atoms with Gasteiger partial charge in [-0.2, -0.15) is 13.2 Å². The molecule has 1 aliphatic carbocycles. The molecule has 1 aliphatic rings. The second-order valence-electron chi connectivity index (χ2n) is 5.57. The summed E-state index contributed by atoms with van der Waals surface area (Å²) in [5.74, 6) is -1.37. The first kappa shape index (κ1) is 15.3. The van der Waals surface area contributed by atoms with E-state index in [0.29, 0.717) is 13.0 Å². The lowest BCUT2D eigenvalue weighted by Crippen LogP contribution is -2.34. The predicted molar refractivity (Wildman–Crippen MR) is 68.7 cm³/mol. The zero-order valence-electron chi connectivity index (χ0n) is 11.6. The summed E-state index contributed by atoms with van der Waals surface area (Å²) in [6.45, 7) is 2.70. The Morgan fingerprint density at radius 2 is 2.20 bits per heavy atom. The second kappa shape index (κ2) is 6.11. The van der Waals surface area contributed by atoms with Gasteiger partial charge in [0.05, 0.1) is 23.9 Å². The Hall–Kier alpha value is -1.11. The number of nitrogens with two attached hydrogens (primary N) is 1. The van der Waals surface area contributed by atoms with Crippen molar-refractivity contribution >= 4 is 0 Å². The summed E-state index contributed by atoms with van der Waals surface area (Å²) >= 11 is 0. The van der Waals surface area contributed by atoms with Crippen molar-refractivity contribution in [3.05, 3.63) is 11.9 Å². The van der Waals surface area contributed by atoms with Gasteiger partial charge in [-0.3, -0.25) is 0 Å². The van der Waals surface area contributed by atoms with Gasteiger partial charge in [0.1, 0.15) is 0 Å². The fraction of sp³-hybridized carbons (Fsp3) is 0.846. The Labute approximate surface area is 116 Å². The van der Waals surface area contributed by atoms with Crippen LogP contribution in [-0.4, -0.2) is 21.2 Å². The van der Waals surface area contributed by atoms with Gasteiger partial charge in [0.15, 0.2) is 0 Å². The zero-order chi connectivity index (χ0) is 14.8. The molecule has 1 aromatic rings. The Bertz CT molecular complexity index is 429. The zero-order valence-corrected chi connectivity index (χ0v) is 11.6. The number of aryl methyl sites for hydroxylation is 1. The average Bonchev–Trinajstić information content (AvgIpc) is 2.86. The molecule has 0 spiro atoms. The lowest BCUT2D eigenvalue weighted by Gasteiger charge is -2.33. The van der Waals surface area contributed by atoms with E-state index in [1.54, 1.807) is 10.9 Å². The SMILES string of the molecule is CCCn1nncc1C(N)C1CCCC(C(F)(F)F)C1. The van der Waals surface area contributed by atoms with Crippen molar-refractivity contribution in [1.29, 1.82) is 0 Å². The fourth-order valence-corrected chi connectivity index (χ4v) is 3.00. The van der Waals surface area contributed by atoms with Gasteiger partial charge in [0.2, 0.25) is 0 Å². The molecule has 0 aromatic carbocycles. The summed E-state index contributed by atoms with van der Waals surface area (Å²) in [4.78, 5) is 0. The van der Waals surface area contributed by atoms with E-state index in [1.807, 2.05) is 6.92 Å². The van der Waals surface area contributed by atoms with E-state index in [2.05, 4.69) is 10.3 Å². The molecule has 4 nitrogen and oxygen atoms in total. The average molecular weight is 290 g/mol. The molecule has 2 rings (SSSR count). The highest BCUT2D eigenvalue weighted by Gasteiger charge is 2.43. The monoisotopic (exact) mass is 290 g/mol. The van der Waals surface area contributed by atoms with Crippen LogP contribution in [-0.2, 0) is 6.54 Å². The highest BCUT2D eigenvalue weighted by molar-refractivity contribution is 5.04. The van der Waals surface area contributed by atoms with Gasteiger partial charge < -0.3 is 5.73 Å². The summed E-state index contributed by atoms with van der Waals surface area (Å²) in [5.41, 5.74) is 6.93. The van der Waals surface area contributed by atoms with Crippen LogP contribution in [0.15, 0.2) is 6.20 Å². The number of hydrogen-bond acceptors (Lipinski definition) is 3. The quantitative estimate of drug-likeness (QED) is 0.927. The minimum Gasteiger partial charge on any atom is -0.322 e. The molecule has 7 heteroatoms. The molecule has 0 amide bonds. The molecule has 1 heterocycles. The summed E-state index contributed by atoms with van der Waals surface area (Å²) in [7, 11) is 0. The van der Waals surface area contributed by atoms with Gasteiger partial charge in [-0.25, -0.2) is 4.68 Å². The van der Waals surface area contributed by atoms with Crippen molar-refractivity contribution in [1.82, 2.24) is 15.0 Å². The fourth-order valence-electron chi connectivity index (χ4n) is 3.00. The number of halogens is 3. The van der Waals surface area contributed by atoms with Crippen molar-refractivity contribution in [2.75, 3.05) is 0 Å². The second-order valence-corrected chi connectivity index (χ2v) is 5.57. The first-order chi connectivity index (χ1) is 9.43. The maximum atomic E-state index is 12.8. The van der Waals surface area contributed by atoms with Gasteiger partial charge >= 0.3 is 6.18 Å². The highest BCUT2D eigenvalue weighted by Crippen LogP contribution is 2.43. The molecule has 3 unspecified atom stereocenters. The van der Waals surface area contributed by atoms with Crippen LogP contribution in [0.2, 0.25) is 0 Å².